The van der Waals surface area contributed by atoms with Crippen LogP contribution in [0.2, 0.25) is 5.02 Å². The molecule has 0 spiro atoms. The molecule has 7 heteroatoms. The minimum atomic E-state index is -0.239. The van der Waals surface area contributed by atoms with E-state index in [0.717, 1.165) is 37.7 Å². The Bertz CT molecular complexity index is 731. The molecule has 0 aliphatic carbocycles. The van der Waals surface area contributed by atoms with E-state index in [0.29, 0.717) is 22.9 Å². The van der Waals surface area contributed by atoms with Crippen molar-refractivity contribution in [3.63, 3.8) is 0 Å². The molecule has 0 saturated carbocycles. The van der Waals surface area contributed by atoms with Crippen LogP contribution >= 0.6 is 11.6 Å². The van der Waals surface area contributed by atoms with Gasteiger partial charge in [-0.1, -0.05) is 17.7 Å². The average Bonchev–Trinajstić information content (AvgIpc) is 2.67. The van der Waals surface area contributed by atoms with E-state index in [4.69, 9.17) is 21.1 Å². The first-order valence-electron chi connectivity index (χ1n) is 8.07. The van der Waals surface area contributed by atoms with E-state index in [1.807, 2.05) is 12.1 Å². The number of amides is 1. The first-order chi connectivity index (χ1) is 12.2. The lowest BCUT2D eigenvalue weighted by atomic mass is 10.2. The van der Waals surface area contributed by atoms with Gasteiger partial charge in [-0.3, -0.25) is 4.79 Å². The molecule has 1 aromatic carbocycles. The third-order valence-electron chi connectivity index (χ3n) is 4.00. The molecule has 1 aromatic heterocycles. The molecule has 2 heterocycles. The molecule has 1 fully saturated rings. The molecule has 0 atom stereocenters. The highest BCUT2D eigenvalue weighted by molar-refractivity contribution is 6.31. The van der Waals surface area contributed by atoms with Gasteiger partial charge < -0.3 is 19.7 Å². The predicted octanol–water partition coefficient (Wildman–Crippen LogP) is 2.51. The lowest BCUT2D eigenvalue weighted by Gasteiger charge is -2.27. The molecule has 1 N–H and O–H groups in total. The van der Waals surface area contributed by atoms with Gasteiger partial charge >= 0.3 is 0 Å². The van der Waals surface area contributed by atoms with Crippen LogP contribution in [-0.4, -0.2) is 44.3 Å². The molecule has 0 bridgehead atoms. The molecule has 1 aliphatic rings. The fourth-order valence-electron chi connectivity index (χ4n) is 2.64. The van der Waals surface area contributed by atoms with E-state index >= 15 is 0 Å². The van der Waals surface area contributed by atoms with Gasteiger partial charge in [-0.15, -0.1) is 0 Å². The number of carbonyl (C=O) groups excluding carboxylic acids is 1. The molecule has 0 radical (unpaired) electrons. The number of ether oxygens (including phenoxy) is 2. The van der Waals surface area contributed by atoms with Gasteiger partial charge in [-0.25, -0.2) is 4.98 Å². The maximum Gasteiger partial charge on any atom is 0.255 e. The van der Waals surface area contributed by atoms with Crippen molar-refractivity contribution < 1.29 is 14.3 Å². The number of anilines is 1. The van der Waals surface area contributed by atoms with Gasteiger partial charge in [-0.2, -0.15) is 0 Å². The zero-order valence-corrected chi connectivity index (χ0v) is 14.8. The molecular weight excluding hydrogens is 342 g/mol. The maximum absolute atomic E-state index is 12.4. The van der Waals surface area contributed by atoms with Gasteiger partial charge in [0.25, 0.3) is 5.91 Å². The number of benzene rings is 1. The Morgan fingerprint density at radius 2 is 2.12 bits per heavy atom. The minimum Gasteiger partial charge on any atom is -0.496 e. The summed E-state index contributed by atoms with van der Waals surface area (Å²) in [5.41, 5.74) is 1.33. The number of morpholine rings is 1. The van der Waals surface area contributed by atoms with Crippen LogP contribution in [0.5, 0.6) is 5.75 Å². The van der Waals surface area contributed by atoms with Crippen molar-refractivity contribution in [1.29, 1.82) is 0 Å². The highest BCUT2D eigenvalue weighted by atomic mass is 35.5. The number of aromatic nitrogens is 1. The monoisotopic (exact) mass is 361 g/mol. The molecule has 2 aromatic rings. The Hall–Kier alpha value is -2.31. The van der Waals surface area contributed by atoms with Gasteiger partial charge in [0.15, 0.2) is 0 Å². The van der Waals surface area contributed by atoms with Crippen molar-refractivity contribution in [3.05, 3.63) is 52.7 Å². The Morgan fingerprint density at radius 3 is 2.80 bits per heavy atom. The molecule has 1 aliphatic heterocycles. The normalized spacial score (nSPS) is 14.2. The predicted molar refractivity (Wildman–Crippen MR) is 96.4 cm³/mol. The summed E-state index contributed by atoms with van der Waals surface area (Å²) in [4.78, 5) is 19.0. The largest absolute Gasteiger partial charge is 0.496 e. The van der Waals surface area contributed by atoms with Crippen molar-refractivity contribution >= 4 is 23.3 Å². The summed E-state index contributed by atoms with van der Waals surface area (Å²) >= 11 is 5.97. The van der Waals surface area contributed by atoms with Crippen LogP contribution in [0.25, 0.3) is 0 Å². The van der Waals surface area contributed by atoms with E-state index in [1.165, 1.54) is 7.11 Å². The first kappa shape index (κ1) is 17.5. The van der Waals surface area contributed by atoms with Gasteiger partial charge in [0.05, 0.1) is 25.9 Å². The number of pyridine rings is 1. The van der Waals surface area contributed by atoms with E-state index in [2.05, 4.69) is 15.2 Å². The lowest BCUT2D eigenvalue weighted by Crippen LogP contribution is -2.36. The Balaban J connectivity index is 1.61. The number of halogens is 1. The van der Waals surface area contributed by atoms with E-state index in [-0.39, 0.29) is 5.91 Å². The number of nitrogens with one attached hydrogen (secondary N) is 1. The number of hydrogen-bond acceptors (Lipinski definition) is 5. The van der Waals surface area contributed by atoms with Gasteiger partial charge in [0.2, 0.25) is 0 Å². The van der Waals surface area contributed by atoms with Gasteiger partial charge in [0.1, 0.15) is 11.6 Å². The van der Waals surface area contributed by atoms with Gasteiger partial charge in [-0.05, 0) is 29.8 Å². The standard InChI is InChI=1S/C18H20ClN3O3/c1-24-16-4-3-14(19)10-15(16)18(23)21-12-13-2-5-17(20-11-13)22-6-8-25-9-7-22/h2-5,10-11H,6-9,12H2,1H3,(H,21,23). The SMILES string of the molecule is COc1ccc(Cl)cc1C(=O)NCc1ccc(N2CCOCC2)nc1. The topological polar surface area (TPSA) is 63.7 Å². The molecule has 6 nitrogen and oxygen atoms in total. The summed E-state index contributed by atoms with van der Waals surface area (Å²) < 4.78 is 10.6. The van der Waals surface area contributed by atoms with Crippen LogP contribution in [0.4, 0.5) is 5.82 Å². The van der Waals surface area contributed by atoms with Crippen LogP contribution < -0.4 is 15.0 Å². The third-order valence-corrected chi connectivity index (χ3v) is 4.24. The van der Waals surface area contributed by atoms with Crippen LogP contribution in [0.1, 0.15) is 15.9 Å². The first-order valence-corrected chi connectivity index (χ1v) is 8.44. The second kappa shape index (κ2) is 8.18. The highest BCUT2D eigenvalue weighted by Gasteiger charge is 2.14. The van der Waals surface area contributed by atoms with Crippen molar-refractivity contribution in [1.82, 2.24) is 10.3 Å². The number of hydrogen-bond donors (Lipinski definition) is 1. The quantitative estimate of drug-likeness (QED) is 0.886. The average molecular weight is 362 g/mol. The van der Waals surface area contributed by atoms with Crippen molar-refractivity contribution in [2.45, 2.75) is 6.54 Å². The zero-order valence-electron chi connectivity index (χ0n) is 14.0. The van der Waals surface area contributed by atoms with E-state index < -0.39 is 0 Å². The molecular formula is C18H20ClN3O3. The van der Waals surface area contributed by atoms with Crippen molar-refractivity contribution in [2.24, 2.45) is 0 Å². The summed E-state index contributed by atoms with van der Waals surface area (Å²) in [6.45, 7) is 3.52. The summed E-state index contributed by atoms with van der Waals surface area (Å²) in [7, 11) is 1.52. The zero-order chi connectivity index (χ0) is 17.6. The minimum absolute atomic E-state index is 0.239. The Labute approximate surface area is 151 Å². The number of carbonyl (C=O) groups is 1. The van der Waals surface area contributed by atoms with E-state index in [1.54, 1.807) is 24.4 Å². The molecule has 132 valence electrons. The van der Waals surface area contributed by atoms with Crippen LogP contribution in [0, 0.1) is 0 Å². The van der Waals surface area contributed by atoms with E-state index in [9.17, 15) is 4.79 Å². The summed E-state index contributed by atoms with van der Waals surface area (Å²) in [6, 6.07) is 8.89. The van der Waals surface area contributed by atoms with Crippen molar-refractivity contribution in [2.75, 3.05) is 38.3 Å². The summed E-state index contributed by atoms with van der Waals surface area (Å²) in [5.74, 6) is 1.18. The molecule has 1 saturated heterocycles. The second-order valence-corrected chi connectivity index (χ2v) is 6.09. The highest BCUT2D eigenvalue weighted by Crippen LogP contribution is 2.22. The summed E-state index contributed by atoms with van der Waals surface area (Å²) in [5, 5.41) is 3.35. The smallest absolute Gasteiger partial charge is 0.255 e. The number of rotatable bonds is 5. The Morgan fingerprint density at radius 1 is 1.32 bits per heavy atom. The van der Waals surface area contributed by atoms with Gasteiger partial charge in [0, 0.05) is 30.9 Å². The molecule has 0 unspecified atom stereocenters. The molecule has 1 amide bonds. The lowest BCUT2D eigenvalue weighted by molar-refractivity contribution is 0.0948. The fourth-order valence-corrected chi connectivity index (χ4v) is 2.81. The van der Waals surface area contributed by atoms with Crippen LogP contribution in [0.3, 0.4) is 0 Å². The Kier molecular flexibility index (Phi) is 5.73. The van der Waals surface area contributed by atoms with Crippen LogP contribution in [0.15, 0.2) is 36.5 Å². The fraction of sp³-hybridized carbons (Fsp3) is 0.333. The number of methoxy groups -OCH3 is 1. The number of nitrogens with zero attached hydrogens (tertiary/aromatic N) is 2. The van der Waals surface area contributed by atoms with Crippen LogP contribution in [-0.2, 0) is 11.3 Å². The summed E-state index contributed by atoms with van der Waals surface area (Å²) in [6.07, 6.45) is 1.78. The third kappa shape index (κ3) is 4.41. The molecule has 3 rings (SSSR count). The molecule has 25 heavy (non-hydrogen) atoms. The second-order valence-electron chi connectivity index (χ2n) is 5.65. The maximum atomic E-state index is 12.4. The van der Waals surface area contributed by atoms with Crippen molar-refractivity contribution in [3.8, 4) is 5.75 Å².